The fourth-order valence-electron chi connectivity index (χ4n) is 6.10. The molecule has 2 heterocycles. The van der Waals surface area contributed by atoms with Gasteiger partial charge < -0.3 is 20.0 Å². The molecule has 0 saturated carbocycles. The van der Waals surface area contributed by atoms with Crippen LogP contribution in [0.15, 0.2) is 54.6 Å². The molecule has 0 aromatic heterocycles. The lowest BCUT2D eigenvalue weighted by atomic mass is 9.91. The topological polar surface area (TPSA) is 73.0 Å². The highest BCUT2D eigenvalue weighted by molar-refractivity contribution is 6.09. The van der Waals surface area contributed by atoms with E-state index in [1.54, 1.807) is 9.80 Å². The van der Waals surface area contributed by atoms with E-state index in [4.69, 9.17) is 0 Å². The van der Waals surface area contributed by atoms with Crippen LogP contribution in [0.5, 0.6) is 0 Å². The predicted octanol–water partition coefficient (Wildman–Crippen LogP) is 5.66. The van der Waals surface area contributed by atoms with E-state index in [0.717, 1.165) is 27.1 Å². The van der Waals surface area contributed by atoms with Crippen molar-refractivity contribution >= 4 is 39.4 Å². The molecule has 3 aromatic rings. The lowest BCUT2D eigenvalue weighted by molar-refractivity contribution is -0.170. The summed E-state index contributed by atoms with van der Waals surface area (Å²) in [6, 6.07) is 17.0. The summed E-state index contributed by atoms with van der Waals surface area (Å²) in [7, 11) is 0. The summed E-state index contributed by atoms with van der Waals surface area (Å²) < 4.78 is 37.8. The van der Waals surface area contributed by atoms with Crippen molar-refractivity contribution in [3.8, 4) is 0 Å². The molecule has 3 aromatic carbocycles. The zero-order valence-corrected chi connectivity index (χ0v) is 23.3. The van der Waals surface area contributed by atoms with Gasteiger partial charge in [-0.15, -0.1) is 0 Å². The monoisotopic (exact) mass is 568 g/mol. The van der Waals surface area contributed by atoms with Crippen LogP contribution < -0.4 is 5.32 Å². The molecule has 2 aliphatic heterocycles. The number of nitrogens with zero attached hydrogens (tertiary/aromatic N) is 3. The van der Waals surface area contributed by atoms with Gasteiger partial charge in [0.25, 0.3) is 0 Å². The van der Waals surface area contributed by atoms with Gasteiger partial charge in [-0.3, -0.25) is 9.59 Å². The summed E-state index contributed by atoms with van der Waals surface area (Å²) in [5, 5.41) is 6.88. The number of benzene rings is 3. The van der Waals surface area contributed by atoms with E-state index < -0.39 is 30.8 Å². The Morgan fingerprint density at radius 3 is 2.44 bits per heavy atom. The van der Waals surface area contributed by atoms with Crippen LogP contribution >= 0.6 is 0 Å². The fraction of sp³-hybridized carbons (Fsp3) is 0.452. The van der Waals surface area contributed by atoms with Crippen molar-refractivity contribution in [1.29, 1.82) is 0 Å². The standard InChI is InChI=1S/C31H35F3N4O3/c1-3-20(2)28-29(40)36(18-22-17-21-9-4-5-10-23(21)25-12-7-6-11-24(22)25)19-26-37(16-13-27(39)38(26)28)30(41)35-15-8-14-31(32,33)34/h4-7,9-12,17,20,26,28H,3,8,13-16,18-19H2,1-2H3,(H,35,41)/t20-,26+,28-/m0/s1. The number of halogens is 3. The van der Waals surface area contributed by atoms with Crippen LogP contribution in [-0.2, 0) is 16.1 Å². The molecule has 0 radical (unpaired) electrons. The number of urea groups is 1. The third-order valence-electron chi connectivity index (χ3n) is 8.36. The fourth-order valence-corrected chi connectivity index (χ4v) is 6.10. The number of nitrogens with one attached hydrogen (secondary N) is 1. The number of carbonyl (C=O) groups excluding carboxylic acids is 3. The molecule has 5 rings (SSSR count). The van der Waals surface area contributed by atoms with E-state index in [-0.39, 0.29) is 50.2 Å². The van der Waals surface area contributed by atoms with Crippen LogP contribution in [0.2, 0.25) is 0 Å². The Morgan fingerprint density at radius 2 is 1.73 bits per heavy atom. The number of hydrogen-bond donors (Lipinski definition) is 1. The average Bonchev–Trinajstić information content (AvgIpc) is 2.95. The molecule has 0 bridgehead atoms. The molecule has 3 atom stereocenters. The van der Waals surface area contributed by atoms with Crippen molar-refractivity contribution in [2.24, 2.45) is 5.92 Å². The Morgan fingerprint density at radius 1 is 1.05 bits per heavy atom. The molecular formula is C31H35F3N4O3. The lowest BCUT2D eigenvalue weighted by Crippen LogP contribution is -2.72. The van der Waals surface area contributed by atoms with Gasteiger partial charge in [-0.1, -0.05) is 68.8 Å². The van der Waals surface area contributed by atoms with Gasteiger partial charge in [0.2, 0.25) is 11.8 Å². The van der Waals surface area contributed by atoms with E-state index in [0.29, 0.717) is 13.0 Å². The Bertz CT molecular complexity index is 1460. The number of fused-ring (bicyclic) bond motifs is 4. The molecule has 7 nitrogen and oxygen atoms in total. The molecule has 2 fully saturated rings. The maximum Gasteiger partial charge on any atom is 0.389 e. The maximum atomic E-state index is 14.0. The number of piperazine rings is 1. The van der Waals surface area contributed by atoms with Crippen LogP contribution in [0, 0.1) is 5.92 Å². The number of carbonyl (C=O) groups is 3. The van der Waals surface area contributed by atoms with Gasteiger partial charge in [0, 0.05) is 32.5 Å². The molecule has 0 unspecified atom stereocenters. The summed E-state index contributed by atoms with van der Waals surface area (Å²) in [4.78, 5) is 45.2. The van der Waals surface area contributed by atoms with Gasteiger partial charge in [0.15, 0.2) is 0 Å². The SMILES string of the molecule is CC[C@H](C)[C@H]1C(=O)N(Cc2cc3ccccc3c3ccccc23)C[C@@H]2N(C(=O)NCCCC(F)(F)F)CCC(=O)N12. The highest BCUT2D eigenvalue weighted by Gasteiger charge is 2.50. The van der Waals surface area contributed by atoms with Crippen LogP contribution in [0.4, 0.5) is 18.0 Å². The molecule has 10 heteroatoms. The van der Waals surface area contributed by atoms with Gasteiger partial charge >= 0.3 is 12.2 Å². The first-order valence-corrected chi connectivity index (χ1v) is 14.2. The molecule has 1 N–H and O–H groups in total. The second-order valence-corrected chi connectivity index (χ2v) is 11.0. The van der Waals surface area contributed by atoms with E-state index >= 15 is 0 Å². The van der Waals surface area contributed by atoms with Gasteiger partial charge in [-0.25, -0.2) is 4.79 Å². The van der Waals surface area contributed by atoms with E-state index in [1.165, 1.54) is 4.90 Å². The smallest absolute Gasteiger partial charge is 0.338 e. The summed E-state index contributed by atoms with van der Waals surface area (Å²) in [6.07, 6.45) is -5.50. The minimum absolute atomic E-state index is 0.0575. The van der Waals surface area contributed by atoms with Gasteiger partial charge in [-0.2, -0.15) is 13.2 Å². The van der Waals surface area contributed by atoms with Crippen LogP contribution in [0.3, 0.4) is 0 Å². The zero-order valence-electron chi connectivity index (χ0n) is 23.3. The van der Waals surface area contributed by atoms with Gasteiger partial charge in [-0.05, 0) is 45.5 Å². The van der Waals surface area contributed by atoms with Gasteiger partial charge in [0.05, 0.1) is 6.54 Å². The third kappa shape index (κ3) is 5.83. The van der Waals surface area contributed by atoms with E-state index in [2.05, 4.69) is 23.5 Å². The summed E-state index contributed by atoms with van der Waals surface area (Å²) in [5.41, 5.74) is 0.967. The van der Waals surface area contributed by atoms with Crippen molar-refractivity contribution in [1.82, 2.24) is 20.0 Å². The zero-order chi connectivity index (χ0) is 29.3. The van der Waals surface area contributed by atoms with Crippen LogP contribution in [-0.4, -0.2) is 70.6 Å². The maximum absolute atomic E-state index is 14.0. The number of alkyl halides is 3. The first-order chi connectivity index (χ1) is 19.6. The van der Waals surface area contributed by atoms with Crippen molar-refractivity contribution in [3.05, 3.63) is 60.2 Å². The highest BCUT2D eigenvalue weighted by atomic mass is 19.4. The quantitative estimate of drug-likeness (QED) is 0.295. The second kappa shape index (κ2) is 11.6. The van der Waals surface area contributed by atoms with E-state index in [9.17, 15) is 27.6 Å². The molecule has 4 amide bonds. The summed E-state index contributed by atoms with van der Waals surface area (Å²) >= 11 is 0. The first kappa shape index (κ1) is 28.7. The minimum Gasteiger partial charge on any atom is -0.338 e. The third-order valence-corrected chi connectivity index (χ3v) is 8.36. The van der Waals surface area contributed by atoms with Crippen LogP contribution in [0.1, 0.15) is 45.1 Å². The average molecular weight is 569 g/mol. The minimum atomic E-state index is -4.29. The predicted molar refractivity (Wildman–Crippen MR) is 151 cm³/mol. The Balaban J connectivity index is 1.46. The molecule has 41 heavy (non-hydrogen) atoms. The lowest BCUT2D eigenvalue weighted by Gasteiger charge is -2.53. The normalized spacial score (nSPS) is 20.5. The number of hydrogen-bond acceptors (Lipinski definition) is 3. The number of amides is 4. The van der Waals surface area contributed by atoms with Crippen molar-refractivity contribution in [2.75, 3.05) is 19.6 Å². The Hall–Kier alpha value is -3.82. The number of rotatable bonds is 7. The molecule has 0 aliphatic carbocycles. The van der Waals surface area contributed by atoms with Crippen LogP contribution in [0.25, 0.3) is 21.5 Å². The molecule has 2 saturated heterocycles. The Kier molecular flexibility index (Phi) is 8.11. The van der Waals surface area contributed by atoms with E-state index in [1.807, 2.05) is 50.2 Å². The molecule has 218 valence electrons. The van der Waals surface area contributed by atoms with Crippen molar-refractivity contribution in [3.63, 3.8) is 0 Å². The second-order valence-electron chi connectivity index (χ2n) is 11.0. The summed E-state index contributed by atoms with van der Waals surface area (Å²) in [5.74, 6) is -0.501. The molecule has 2 aliphatic rings. The van der Waals surface area contributed by atoms with Crippen molar-refractivity contribution < 1.29 is 27.6 Å². The molecule has 0 spiro atoms. The molecular weight excluding hydrogens is 533 g/mol. The first-order valence-electron chi connectivity index (χ1n) is 14.2. The highest BCUT2D eigenvalue weighted by Crippen LogP contribution is 2.34. The summed E-state index contributed by atoms with van der Waals surface area (Å²) in [6.45, 7) is 4.32. The van der Waals surface area contributed by atoms with Crippen molar-refractivity contribution in [2.45, 2.75) is 64.5 Å². The Labute approximate surface area is 237 Å². The largest absolute Gasteiger partial charge is 0.389 e. The van der Waals surface area contributed by atoms with Gasteiger partial charge in [0.1, 0.15) is 12.2 Å².